The van der Waals surface area contributed by atoms with Gasteiger partial charge >= 0.3 is 0 Å². The van der Waals surface area contributed by atoms with E-state index in [1.165, 1.54) is 0 Å². The van der Waals surface area contributed by atoms with Crippen molar-refractivity contribution >= 4 is 15.9 Å². The number of fused-ring (bicyclic) bond motifs is 1. The molecule has 0 amide bonds. The molecule has 1 unspecified atom stereocenters. The smallest absolute Gasteiger partial charge is 0.284 e. The molecule has 3 rings (SSSR count). The number of halogens is 1. The Balaban J connectivity index is 1.88. The van der Waals surface area contributed by atoms with E-state index in [2.05, 4.69) is 26.1 Å². The Labute approximate surface area is 99.5 Å². The Morgan fingerprint density at radius 1 is 1.19 bits per heavy atom. The molecule has 82 valence electrons. The third-order valence-corrected chi connectivity index (χ3v) is 2.52. The summed E-state index contributed by atoms with van der Waals surface area (Å²) in [5.41, 5.74) is 0. The van der Waals surface area contributed by atoms with Crippen LogP contribution in [-0.4, -0.2) is 16.8 Å². The van der Waals surface area contributed by atoms with E-state index in [0.717, 1.165) is 5.75 Å². The molecule has 0 fully saturated rings. The molecule has 2 heterocycles. The van der Waals surface area contributed by atoms with Gasteiger partial charge in [-0.15, -0.1) is 10.2 Å². The first-order valence-corrected chi connectivity index (χ1v) is 5.49. The van der Waals surface area contributed by atoms with Gasteiger partial charge in [-0.05, 0) is 12.1 Å². The predicted octanol–water partition coefficient (Wildman–Crippen LogP) is 2.34. The summed E-state index contributed by atoms with van der Waals surface area (Å²) in [7, 11) is 0. The molecule has 0 N–H and O–H groups in total. The first-order chi connectivity index (χ1) is 7.83. The molecule has 6 heteroatoms. The summed E-state index contributed by atoms with van der Waals surface area (Å²) in [6.07, 6.45) is -0.353. The maximum absolute atomic E-state index is 5.69. The summed E-state index contributed by atoms with van der Waals surface area (Å²) in [5.74, 6) is 1.83. The van der Waals surface area contributed by atoms with E-state index in [-0.39, 0.29) is 6.10 Å². The third kappa shape index (κ3) is 1.65. The van der Waals surface area contributed by atoms with Crippen LogP contribution in [0.2, 0.25) is 0 Å². The number of hydrogen-bond acceptors (Lipinski definition) is 5. The third-order valence-electron chi connectivity index (χ3n) is 2.20. The van der Waals surface area contributed by atoms with E-state index in [1.807, 2.05) is 24.3 Å². The highest BCUT2D eigenvalue weighted by atomic mass is 79.9. The minimum absolute atomic E-state index is 0.338. The van der Waals surface area contributed by atoms with Crippen LogP contribution in [0.1, 0.15) is 12.0 Å². The zero-order valence-corrected chi connectivity index (χ0v) is 9.68. The molecule has 0 aliphatic carbocycles. The van der Waals surface area contributed by atoms with Crippen LogP contribution in [0.25, 0.3) is 0 Å². The molecule has 1 aromatic carbocycles. The number of aromatic nitrogens is 2. The monoisotopic (exact) mass is 282 g/mol. The Kier molecular flexibility index (Phi) is 2.28. The fourth-order valence-corrected chi connectivity index (χ4v) is 1.73. The first-order valence-electron chi connectivity index (χ1n) is 4.70. The quantitative estimate of drug-likeness (QED) is 0.804. The van der Waals surface area contributed by atoms with Crippen molar-refractivity contribution in [1.82, 2.24) is 10.2 Å². The van der Waals surface area contributed by atoms with E-state index in [1.54, 1.807) is 0 Å². The average Bonchev–Trinajstić information content (AvgIpc) is 2.75. The van der Waals surface area contributed by atoms with Gasteiger partial charge in [-0.1, -0.05) is 12.1 Å². The van der Waals surface area contributed by atoms with Gasteiger partial charge < -0.3 is 13.9 Å². The van der Waals surface area contributed by atoms with Crippen LogP contribution < -0.4 is 9.47 Å². The van der Waals surface area contributed by atoms with Crippen molar-refractivity contribution in [2.45, 2.75) is 6.10 Å². The standard InChI is InChI=1S/C10H7BrN2O3/c11-10-13-12-9(16-10)8-5-14-6-3-1-2-4-7(6)15-8/h1-4,8H,5H2. The van der Waals surface area contributed by atoms with Crippen LogP contribution in [0.3, 0.4) is 0 Å². The molecule has 2 aromatic rings. The highest BCUT2D eigenvalue weighted by molar-refractivity contribution is 9.10. The van der Waals surface area contributed by atoms with Gasteiger partial charge in [-0.25, -0.2) is 0 Å². The van der Waals surface area contributed by atoms with Crippen molar-refractivity contribution in [3.05, 3.63) is 35.0 Å². The van der Waals surface area contributed by atoms with Crippen LogP contribution >= 0.6 is 15.9 Å². The molecule has 0 bridgehead atoms. The van der Waals surface area contributed by atoms with E-state index < -0.39 is 0 Å². The average molecular weight is 283 g/mol. The highest BCUT2D eigenvalue weighted by Gasteiger charge is 2.26. The van der Waals surface area contributed by atoms with E-state index in [4.69, 9.17) is 13.9 Å². The highest BCUT2D eigenvalue weighted by Crippen LogP contribution is 2.35. The SMILES string of the molecule is Brc1nnc(C2COc3ccccc3O2)o1. The minimum Gasteiger partial charge on any atom is -0.485 e. The number of ether oxygens (including phenoxy) is 2. The maximum atomic E-state index is 5.69. The lowest BCUT2D eigenvalue weighted by atomic mass is 10.2. The second kappa shape index (κ2) is 3.79. The Morgan fingerprint density at radius 2 is 2.00 bits per heavy atom. The van der Waals surface area contributed by atoms with E-state index in [9.17, 15) is 0 Å². The molecule has 16 heavy (non-hydrogen) atoms. The molecule has 5 nitrogen and oxygen atoms in total. The Bertz CT molecular complexity index is 514. The van der Waals surface area contributed by atoms with Crippen LogP contribution in [0.4, 0.5) is 0 Å². The Morgan fingerprint density at radius 3 is 2.75 bits per heavy atom. The van der Waals surface area contributed by atoms with Crippen molar-refractivity contribution in [2.75, 3.05) is 6.61 Å². The number of benzene rings is 1. The van der Waals surface area contributed by atoms with Gasteiger partial charge in [-0.2, -0.15) is 0 Å². The van der Waals surface area contributed by atoms with Gasteiger partial charge in [0.2, 0.25) is 6.10 Å². The van der Waals surface area contributed by atoms with Gasteiger partial charge in [0.05, 0.1) is 0 Å². The molecule has 0 spiro atoms. The fraction of sp³-hybridized carbons (Fsp3) is 0.200. The topological polar surface area (TPSA) is 57.4 Å². The van der Waals surface area contributed by atoms with Gasteiger partial charge in [0.15, 0.2) is 11.5 Å². The zero-order chi connectivity index (χ0) is 11.0. The summed E-state index contributed by atoms with van der Waals surface area (Å²) in [6.45, 7) is 0.367. The molecule has 0 saturated carbocycles. The normalized spacial score (nSPS) is 18.4. The van der Waals surface area contributed by atoms with Crippen molar-refractivity contribution in [1.29, 1.82) is 0 Å². The summed E-state index contributed by atoms with van der Waals surface area (Å²) in [4.78, 5) is 0.338. The van der Waals surface area contributed by atoms with Crippen molar-refractivity contribution in [3.8, 4) is 11.5 Å². The molecule has 1 aliphatic rings. The summed E-state index contributed by atoms with van der Waals surface area (Å²) >= 11 is 3.09. The molecule has 0 radical (unpaired) electrons. The number of hydrogen-bond donors (Lipinski definition) is 0. The number of nitrogens with zero attached hydrogens (tertiary/aromatic N) is 2. The summed E-state index contributed by atoms with van der Waals surface area (Å²) < 4.78 is 16.4. The second-order valence-corrected chi connectivity index (χ2v) is 3.94. The van der Waals surface area contributed by atoms with Crippen LogP contribution in [0, 0.1) is 0 Å². The Hall–Kier alpha value is -1.56. The number of para-hydroxylation sites is 2. The maximum Gasteiger partial charge on any atom is 0.284 e. The summed E-state index contributed by atoms with van der Waals surface area (Å²) in [6, 6.07) is 7.47. The van der Waals surface area contributed by atoms with Gasteiger partial charge in [0.25, 0.3) is 10.7 Å². The lowest BCUT2D eigenvalue weighted by Gasteiger charge is -2.23. The van der Waals surface area contributed by atoms with E-state index >= 15 is 0 Å². The minimum atomic E-state index is -0.353. The van der Waals surface area contributed by atoms with Crippen LogP contribution in [0.15, 0.2) is 33.5 Å². The molecule has 1 aliphatic heterocycles. The zero-order valence-electron chi connectivity index (χ0n) is 8.09. The molecular weight excluding hydrogens is 276 g/mol. The van der Waals surface area contributed by atoms with E-state index in [0.29, 0.717) is 23.0 Å². The largest absolute Gasteiger partial charge is 0.485 e. The predicted molar refractivity (Wildman–Crippen MR) is 57.3 cm³/mol. The van der Waals surface area contributed by atoms with Gasteiger partial charge in [0, 0.05) is 15.9 Å². The lowest BCUT2D eigenvalue weighted by Crippen LogP contribution is -2.21. The fourth-order valence-electron chi connectivity index (χ4n) is 1.49. The number of rotatable bonds is 1. The van der Waals surface area contributed by atoms with Crippen molar-refractivity contribution in [3.63, 3.8) is 0 Å². The van der Waals surface area contributed by atoms with Crippen LogP contribution in [-0.2, 0) is 0 Å². The van der Waals surface area contributed by atoms with Gasteiger partial charge in [-0.3, -0.25) is 0 Å². The lowest BCUT2D eigenvalue weighted by molar-refractivity contribution is 0.0706. The second-order valence-electron chi connectivity index (χ2n) is 3.26. The molecular formula is C10H7BrN2O3. The molecule has 1 atom stereocenters. The van der Waals surface area contributed by atoms with Crippen molar-refractivity contribution in [2.24, 2.45) is 0 Å². The van der Waals surface area contributed by atoms with Gasteiger partial charge in [0.1, 0.15) is 6.61 Å². The van der Waals surface area contributed by atoms with Crippen molar-refractivity contribution < 1.29 is 13.9 Å². The molecule has 1 aromatic heterocycles. The van der Waals surface area contributed by atoms with Crippen LogP contribution in [0.5, 0.6) is 11.5 Å². The summed E-state index contributed by atoms with van der Waals surface area (Å²) in [5, 5.41) is 7.56. The first kappa shape index (κ1) is 9.65. The molecule has 0 saturated heterocycles.